The lowest BCUT2D eigenvalue weighted by Gasteiger charge is -2.10. The molecule has 2 aromatic carbocycles. The van der Waals surface area contributed by atoms with Crippen molar-refractivity contribution in [3.05, 3.63) is 59.9 Å². The van der Waals surface area contributed by atoms with Crippen molar-refractivity contribution in [1.82, 2.24) is 4.90 Å². The summed E-state index contributed by atoms with van der Waals surface area (Å²) < 4.78 is 10.9. The van der Waals surface area contributed by atoms with E-state index in [2.05, 4.69) is 0 Å². The van der Waals surface area contributed by atoms with Crippen molar-refractivity contribution >= 4 is 28.5 Å². The third kappa shape index (κ3) is 5.49. The van der Waals surface area contributed by atoms with Crippen LogP contribution in [0, 0.1) is 0 Å². The molecule has 3 aromatic rings. The van der Waals surface area contributed by atoms with Gasteiger partial charge in [0.05, 0.1) is 5.56 Å². The Morgan fingerprint density at radius 2 is 1.86 bits per heavy atom. The number of nitrogen functional groups attached to an aromatic ring is 1. The fourth-order valence-electron chi connectivity index (χ4n) is 2.31. The maximum Gasteiger partial charge on any atom is 0.371 e. The Labute approximate surface area is 162 Å². The first-order chi connectivity index (χ1) is 13.3. The van der Waals surface area contributed by atoms with E-state index in [4.69, 9.17) is 25.7 Å². The summed E-state index contributed by atoms with van der Waals surface area (Å²) in [6.07, 6.45) is 0. The van der Waals surface area contributed by atoms with Gasteiger partial charge in [0.15, 0.2) is 11.3 Å². The first-order valence-electron chi connectivity index (χ1n) is 8.47. The molecule has 28 heavy (non-hydrogen) atoms. The van der Waals surface area contributed by atoms with Gasteiger partial charge in [-0.1, -0.05) is 24.3 Å². The number of anilines is 1. The number of likely N-dealkylation sites (N-methyl/N-ethyl adjacent to an activating group) is 1. The predicted octanol–water partition coefficient (Wildman–Crippen LogP) is 2.44. The molecule has 0 aliphatic rings. The van der Waals surface area contributed by atoms with E-state index in [-0.39, 0.29) is 5.76 Å². The van der Waals surface area contributed by atoms with E-state index in [9.17, 15) is 9.59 Å². The van der Waals surface area contributed by atoms with E-state index in [1.165, 1.54) is 6.07 Å². The number of benzene rings is 2. The van der Waals surface area contributed by atoms with Crippen molar-refractivity contribution in [1.29, 1.82) is 0 Å². The minimum atomic E-state index is -1.08. The molecule has 148 valence electrons. The molecule has 1 aromatic heterocycles. The zero-order valence-corrected chi connectivity index (χ0v) is 15.7. The number of nitrogens with two attached hydrogens (primary N) is 2. The fraction of sp³-hybridized carbons (Fsp3) is 0.200. The zero-order chi connectivity index (χ0) is 20.7. The van der Waals surface area contributed by atoms with Gasteiger partial charge in [-0.2, -0.15) is 0 Å². The standard InChI is InChI=1S/C13H15NO4.C7H8N2O/c1-14(2)6-7-17-10-5-3-4-9-8-11(13(15)16)18-12(9)10;8-6-4-2-1-3-5(6)7(9)10/h3-5,8H,6-7H2,1-2H3,(H,15,16);1-4H,8H2,(H2,9,10). The molecule has 0 saturated heterocycles. The molecule has 8 nitrogen and oxygen atoms in total. The number of carbonyl (C=O) groups is 2. The predicted molar refractivity (Wildman–Crippen MR) is 107 cm³/mol. The maximum atomic E-state index is 10.8. The second-order valence-corrected chi connectivity index (χ2v) is 6.19. The van der Waals surface area contributed by atoms with Gasteiger partial charge in [-0.15, -0.1) is 0 Å². The van der Waals surface area contributed by atoms with Crippen LogP contribution in [0.5, 0.6) is 5.75 Å². The number of aromatic carboxylic acids is 1. The molecule has 0 radical (unpaired) electrons. The Morgan fingerprint density at radius 1 is 1.14 bits per heavy atom. The third-order valence-electron chi connectivity index (χ3n) is 3.74. The number of rotatable bonds is 6. The van der Waals surface area contributed by atoms with Crippen LogP contribution in [0.2, 0.25) is 0 Å². The summed E-state index contributed by atoms with van der Waals surface area (Å²) in [5.74, 6) is -1.07. The average molecular weight is 385 g/mol. The van der Waals surface area contributed by atoms with E-state index < -0.39 is 11.9 Å². The first kappa shape index (κ1) is 20.8. The van der Waals surface area contributed by atoms with E-state index in [1.54, 1.807) is 36.4 Å². The smallest absolute Gasteiger partial charge is 0.371 e. The van der Waals surface area contributed by atoms with Gasteiger partial charge >= 0.3 is 5.97 Å². The molecule has 0 spiro atoms. The highest BCUT2D eigenvalue weighted by molar-refractivity contribution is 5.97. The Balaban J connectivity index is 0.000000237. The molecule has 0 atom stereocenters. The summed E-state index contributed by atoms with van der Waals surface area (Å²) in [4.78, 5) is 23.4. The van der Waals surface area contributed by atoms with Gasteiger partial charge in [0, 0.05) is 17.6 Å². The van der Waals surface area contributed by atoms with Gasteiger partial charge in [0.2, 0.25) is 5.76 Å². The highest BCUT2D eigenvalue weighted by Crippen LogP contribution is 2.28. The van der Waals surface area contributed by atoms with Crippen LogP contribution in [0.15, 0.2) is 52.9 Å². The lowest BCUT2D eigenvalue weighted by atomic mass is 10.2. The topological polar surface area (TPSA) is 132 Å². The number of carboxylic acids is 1. The van der Waals surface area contributed by atoms with Gasteiger partial charge < -0.3 is 30.6 Å². The molecular weight excluding hydrogens is 362 g/mol. The number of carbonyl (C=O) groups excluding carboxylic acids is 1. The monoisotopic (exact) mass is 385 g/mol. The summed E-state index contributed by atoms with van der Waals surface area (Å²) >= 11 is 0. The van der Waals surface area contributed by atoms with Crippen LogP contribution in [-0.2, 0) is 0 Å². The van der Waals surface area contributed by atoms with Crippen LogP contribution in [0.3, 0.4) is 0 Å². The van der Waals surface area contributed by atoms with Crippen molar-refractivity contribution in [2.24, 2.45) is 5.73 Å². The quantitative estimate of drug-likeness (QED) is 0.555. The van der Waals surface area contributed by atoms with Gasteiger partial charge in [-0.05, 0) is 38.4 Å². The molecule has 0 saturated carbocycles. The number of carboxylic acid groups (broad SMARTS) is 1. The second kappa shape index (κ2) is 9.43. The van der Waals surface area contributed by atoms with Crippen LogP contribution in [-0.4, -0.2) is 49.1 Å². The first-order valence-corrected chi connectivity index (χ1v) is 8.47. The molecule has 0 aliphatic heterocycles. The molecule has 3 rings (SSSR count). The number of hydrogen-bond acceptors (Lipinski definition) is 6. The summed E-state index contributed by atoms with van der Waals surface area (Å²) in [7, 11) is 3.92. The summed E-state index contributed by atoms with van der Waals surface area (Å²) in [6.45, 7) is 1.30. The van der Waals surface area contributed by atoms with Crippen molar-refractivity contribution < 1.29 is 23.8 Å². The van der Waals surface area contributed by atoms with Crippen LogP contribution >= 0.6 is 0 Å². The molecule has 8 heteroatoms. The summed E-state index contributed by atoms with van der Waals surface area (Å²) in [5.41, 5.74) is 11.7. The van der Waals surface area contributed by atoms with Crippen molar-refractivity contribution in [2.75, 3.05) is 33.0 Å². The molecule has 1 heterocycles. The summed E-state index contributed by atoms with van der Waals surface area (Å²) in [5, 5.41) is 9.62. The Hall–Kier alpha value is -3.52. The van der Waals surface area contributed by atoms with Crippen molar-refractivity contribution in [2.45, 2.75) is 0 Å². The second-order valence-electron chi connectivity index (χ2n) is 6.19. The number of hydrogen-bond donors (Lipinski definition) is 3. The number of para-hydroxylation sites is 2. The third-order valence-corrected chi connectivity index (χ3v) is 3.74. The number of primary amides is 1. The number of ether oxygens (including phenoxy) is 1. The largest absolute Gasteiger partial charge is 0.488 e. The summed E-state index contributed by atoms with van der Waals surface area (Å²) in [6, 6.07) is 13.6. The molecule has 5 N–H and O–H groups in total. The maximum absolute atomic E-state index is 10.8. The SMILES string of the molecule is CN(C)CCOc1cccc2cc(C(=O)O)oc12.NC(=O)c1ccccc1N. The highest BCUT2D eigenvalue weighted by atomic mass is 16.5. The normalized spacial score (nSPS) is 10.4. The lowest BCUT2D eigenvalue weighted by molar-refractivity contribution is 0.0664. The highest BCUT2D eigenvalue weighted by Gasteiger charge is 2.13. The van der Waals surface area contributed by atoms with Crippen LogP contribution < -0.4 is 16.2 Å². The Bertz CT molecular complexity index is 965. The van der Waals surface area contributed by atoms with Crippen LogP contribution in [0.1, 0.15) is 20.9 Å². The fourth-order valence-corrected chi connectivity index (χ4v) is 2.31. The number of fused-ring (bicyclic) bond motifs is 1. The molecule has 0 aliphatic carbocycles. The average Bonchev–Trinajstić information content (AvgIpc) is 3.08. The van der Waals surface area contributed by atoms with Crippen LogP contribution in [0.4, 0.5) is 5.69 Å². The van der Waals surface area contributed by atoms with E-state index >= 15 is 0 Å². The van der Waals surface area contributed by atoms with E-state index in [0.29, 0.717) is 29.2 Å². The lowest BCUT2D eigenvalue weighted by Crippen LogP contribution is -2.19. The van der Waals surface area contributed by atoms with Gasteiger partial charge in [0.25, 0.3) is 5.91 Å². The molecule has 0 bridgehead atoms. The van der Waals surface area contributed by atoms with Gasteiger partial charge in [-0.3, -0.25) is 4.79 Å². The van der Waals surface area contributed by atoms with Crippen LogP contribution in [0.25, 0.3) is 11.0 Å². The van der Waals surface area contributed by atoms with Gasteiger partial charge in [-0.25, -0.2) is 4.79 Å². The number of nitrogens with zero attached hydrogens (tertiary/aromatic N) is 1. The minimum absolute atomic E-state index is 0.0753. The number of amides is 1. The van der Waals surface area contributed by atoms with Crippen molar-refractivity contribution in [3.63, 3.8) is 0 Å². The Kier molecular flexibility index (Phi) is 7.00. The molecule has 1 amide bonds. The van der Waals surface area contributed by atoms with E-state index in [1.807, 2.05) is 25.1 Å². The molecular formula is C20H23N3O5. The minimum Gasteiger partial charge on any atom is -0.488 e. The van der Waals surface area contributed by atoms with E-state index in [0.717, 1.165) is 11.9 Å². The number of furan rings is 1. The van der Waals surface area contributed by atoms with Crippen molar-refractivity contribution in [3.8, 4) is 5.75 Å². The molecule has 0 unspecified atom stereocenters. The van der Waals surface area contributed by atoms with Gasteiger partial charge in [0.1, 0.15) is 6.61 Å². The molecule has 0 fully saturated rings. The zero-order valence-electron chi connectivity index (χ0n) is 15.7. The Morgan fingerprint density at radius 3 is 2.43 bits per heavy atom.